The van der Waals surface area contributed by atoms with E-state index < -0.39 is 0 Å². The van der Waals surface area contributed by atoms with Gasteiger partial charge in [-0.3, -0.25) is 4.79 Å². The van der Waals surface area contributed by atoms with Crippen molar-refractivity contribution in [2.45, 2.75) is 19.9 Å². The third kappa shape index (κ3) is 4.12. The summed E-state index contributed by atoms with van der Waals surface area (Å²) in [5, 5.41) is 6.88. The number of rotatable bonds is 5. The second kappa shape index (κ2) is 6.49. The Kier molecular flexibility index (Phi) is 4.69. The largest absolute Gasteiger partial charge is 0.352 e. The molecule has 2 aromatic heterocycles. The van der Waals surface area contributed by atoms with Crippen molar-refractivity contribution in [2.75, 3.05) is 18.5 Å². The molecular weight excluding hydrogens is 294 g/mol. The number of amides is 1. The number of anilines is 1. The third-order valence-corrected chi connectivity index (χ3v) is 2.63. The summed E-state index contributed by atoms with van der Waals surface area (Å²) in [7, 11) is 1.71. The molecule has 0 unspecified atom stereocenters. The molecule has 8 nitrogen and oxygen atoms in total. The highest BCUT2D eigenvalue weighted by Crippen LogP contribution is 2.11. The maximum Gasteiger partial charge on any atom is 0.256 e. The number of hydrogen-bond acceptors (Lipinski definition) is 6. The summed E-state index contributed by atoms with van der Waals surface area (Å²) in [6.45, 7) is 3.91. The van der Waals surface area contributed by atoms with Gasteiger partial charge in [0.15, 0.2) is 0 Å². The highest BCUT2D eigenvalue weighted by atomic mass is 35.5. The van der Waals surface area contributed by atoms with Crippen molar-refractivity contribution in [1.82, 2.24) is 30.0 Å². The Morgan fingerprint density at radius 1 is 1.43 bits per heavy atom. The number of carbonyl (C=O) groups is 1. The summed E-state index contributed by atoms with van der Waals surface area (Å²) in [6.07, 6.45) is 3.30. The van der Waals surface area contributed by atoms with Gasteiger partial charge >= 0.3 is 0 Å². The van der Waals surface area contributed by atoms with Gasteiger partial charge in [-0.2, -0.15) is 20.1 Å². The average Bonchev–Trinajstić information content (AvgIpc) is 2.90. The molecule has 0 aliphatic rings. The van der Waals surface area contributed by atoms with Crippen LogP contribution in [0.15, 0.2) is 18.5 Å². The SMILES string of the molecule is CC(C)NC(=O)CN(C)c1nc(Cl)nc(-n2cccn2)n1. The van der Waals surface area contributed by atoms with Crippen molar-refractivity contribution < 1.29 is 4.79 Å². The predicted octanol–water partition coefficient (Wildman–Crippen LogP) is 0.671. The van der Waals surface area contributed by atoms with E-state index in [1.165, 1.54) is 4.68 Å². The number of aromatic nitrogens is 5. The van der Waals surface area contributed by atoms with E-state index in [0.717, 1.165) is 0 Å². The van der Waals surface area contributed by atoms with Crippen LogP contribution in [0.4, 0.5) is 5.95 Å². The minimum atomic E-state index is -0.121. The molecule has 2 aromatic rings. The Balaban J connectivity index is 2.18. The first-order valence-electron chi connectivity index (χ1n) is 6.38. The molecule has 112 valence electrons. The highest BCUT2D eigenvalue weighted by Gasteiger charge is 2.14. The van der Waals surface area contributed by atoms with E-state index in [1.54, 1.807) is 30.4 Å². The van der Waals surface area contributed by atoms with Gasteiger partial charge in [0, 0.05) is 25.5 Å². The lowest BCUT2D eigenvalue weighted by atomic mass is 10.4. The first-order valence-corrected chi connectivity index (χ1v) is 6.75. The molecule has 0 radical (unpaired) electrons. The molecule has 9 heteroatoms. The van der Waals surface area contributed by atoms with Crippen LogP contribution in [0, 0.1) is 0 Å². The van der Waals surface area contributed by atoms with Gasteiger partial charge in [-0.05, 0) is 31.5 Å². The van der Waals surface area contributed by atoms with E-state index in [1.807, 2.05) is 13.8 Å². The van der Waals surface area contributed by atoms with E-state index in [9.17, 15) is 4.79 Å². The molecule has 21 heavy (non-hydrogen) atoms. The van der Waals surface area contributed by atoms with Gasteiger partial charge in [-0.25, -0.2) is 4.68 Å². The monoisotopic (exact) mass is 309 g/mol. The Morgan fingerprint density at radius 2 is 2.19 bits per heavy atom. The van der Waals surface area contributed by atoms with E-state index in [0.29, 0.717) is 11.9 Å². The summed E-state index contributed by atoms with van der Waals surface area (Å²) in [4.78, 5) is 25.6. The Bertz CT molecular complexity index is 614. The minimum Gasteiger partial charge on any atom is -0.352 e. The van der Waals surface area contributed by atoms with E-state index >= 15 is 0 Å². The number of nitrogens with zero attached hydrogens (tertiary/aromatic N) is 6. The van der Waals surface area contributed by atoms with Crippen molar-refractivity contribution in [3.8, 4) is 5.95 Å². The van der Waals surface area contributed by atoms with Crippen LogP contribution in [-0.2, 0) is 4.79 Å². The fraction of sp³-hybridized carbons (Fsp3) is 0.417. The maximum atomic E-state index is 11.8. The molecule has 0 aliphatic carbocycles. The summed E-state index contributed by atoms with van der Waals surface area (Å²) >= 11 is 5.90. The number of hydrogen-bond donors (Lipinski definition) is 1. The number of likely N-dealkylation sites (N-methyl/N-ethyl adjacent to an activating group) is 1. The van der Waals surface area contributed by atoms with Gasteiger partial charge in [0.1, 0.15) is 0 Å². The molecule has 2 heterocycles. The fourth-order valence-corrected chi connectivity index (χ4v) is 1.79. The molecule has 0 saturated heterocycles. The molecule has 0 atom stereocenters. The second-order valence-electron chi connectivity index (χ2n) is 4.73. The molecule has 0 spiro atoms. The Labute approximate surface area is 127 Å². The summed E-state index contributed by atoms with van der Waals surface area (Å²) < 4.78 is 1.47. The van der Waals surface area contributed by atoms with Gasteiger partial charge < -0.3 is 10.2 Å². The zero-order valence-corrected chi connectivity index (χ0v) is 12.7. The van der Waals surface area contributed by atoms with Crippen molar-refractivity contribution in [3.05, 3.63) is 23.7 Å². The number of halogens is 1. The quantitative estimate of drug-likeness (QED) is 0.873. The van der Waals surface area contributed by atoms with Crippen molar-refractivity contribution in [2.24, 2.45) is 0 Å². The molecule has 1 amide bonds. The van der Waals surface area contributed by atoms with Crippen molar-refractivity contribution in [1.29, 1.82) is 0 Å². The van der Waals surface area contributed by atoms with Crippen LogP contribution in [0.1, 0.15) is 13.8 Å². The lowest BCUT2D eigenvalue weighted by Gasteiger charge is -2.18. The molecule has 0 saturated carbocycles. The van der Waals surface area contributed by atoms with Crippen LogP contribution in [0.5, 0.6) is 0 Å². The van der Waals surface area contributed by atoms with Crippen LogP contribution < -0.4 is 10.2 Å². The summed E-state index contributed by atoms with van der Waals surface area (Å²) in [5.74, 6) is 0.482. The molecule has 0 aromatic carbocycles. The second-order valence-corrected chi connectivity index (χ2v) is 5.07. The summed E-state index contributed by atoms with van der Waals surface area (Å²) in [5.41, 5.74) is 0. The van der Waals surface area contributed by atoms with Crippen LogP contribution in [0.25, 0.3) is 5.95 Å². The third-order valence-electron chi connectivity index (χ3n) is 2.47. The molecule has 0 bridgehead atoms. The molecule has 0 fully saturated rings. The molecule has 2 rings (SSSR count). The zero-order valence-electron chi connectivity index (χ0n) is 12.0. The first kappa shape index (κ1) is 15.2. The lowest BCUT2D eigenvalue weighted by Crippen LogP contribution is -2.39. The standard InChI is InChI=1S/C12H16ClN7O/c1-8(2)15-9(21)7-19(3)11-16-10(13)17-12(18-11)20-6-4-5-14-20/h4-6,8H,7H2,1-3H3,(H,15,21). The lowest BCUT2D eigenvalue weighted by molar-refractivity contribution is -0.120. The minimum absolute atomic E-state index is 0.0432. The normalized spacial score (nSPS) is 10.7. The van der Waals surface area contributed by atoms with Crippen molar-refractivity contribution in [3.63, 3.8) is 0 Å². The van der Waals surface area contributed by atoms with Gasteiger partial charge in [-0.15, -0.1) is 0 Å². The van der Waals surface area contributed by atoms with Gasteiger partial charge in [0.25, 0.3) is 5.95 Å². The number of nitrogens with one attached hydrogen (secondary N) is 1. The van der Waals surface area contributed by atoms with Crippen molar-refractivity contribution >= 4 is 23.5 Å². The smallest absolute Gasteiger partial charge is 0.256 e. The molecular formula is C12H16ClN7O. The van der Waals surface area contributed by atoms with Gasteiger partial charge in [-0.1, -0.05) is 0 Å². The zero-order chi connectivity index (χ0) is 15.4. The topological polar surface area (TPSA) is 88.8 Å². The van der Waals surface area contributed by atoms with Crippen LogP contribution in [0.2, 0.25) is 5.28 Å². The first-order chi connectivity index (χ1) is 9.95. The van der Waals surface area contributed by atoms with Crippen LogP contribution in [0.3, 0.4) is 0 Å². The fourth-order valence-electron chi connectivity index (χ4n) is 1.64. The van der Waals surface area contributed by atoms with Crippen LogP contribution in [-0.4, -0.2) is 50.3 Å². The van der Waals surface area contributed by atoms with Gasteiger partial charge in [0.05, 0.1) is 6.54 Å². The maximum absolute atomic E-state index is 11.8. The van der Waals surface area contributed by atoms with Crippen LogP contribution >= 0.6 is 11.6 Å². The highest BCUT2D eigenvalue weighted by molar-refractivity contribution is 6.28. The molecule has 0 aliphatic heterocycles. The predicted molar refractivity (Wildman–Crippen MR) is 78.5 cm³/mol. The Hall–Kier alpha value is -2.22. The van der Waals surface area contributed by atoms with Gasteiger partial charge in [0.2, 0.25) is 17.1 Å². The summed E-state index contributed by atoms with van der Waals surface area (Å²) in [6, 6.07) is 1.82. The van der Waals surface area contributed by atoms with E-state index in [4.69, 9.17) is 11.6 Å². The Morgan fingerprint density at radius 3 is 2.81 bits per heavy atom. The van der Waals surface area contributed by atoms with E-state index in [-0.39, 0.29) is 23.8 Å². The average molecular weight is 310 g/mol. The number of carbonyl (C=O) groups excluding carboxylic acids is 1. The molecule has 1 N–H and O–H groups in total. The van der Waals surface area contributed by atoms with E-state index in [2.05, 4.69) is 25.4 Å².